The topological polar surface area (TPSA) is 32.3 Å². The molecular weight excluding hydrogens is 272 g/mol. The van der Waals surface area contributed by atoms with Crippen molar-refractivity contribution < 1.29 is 0 Å². The molecule has 4 heteroatoms. The number of nitrogens with zero attached hydrogens (tertiary/aromatic N) is 4. The highest BCUT2D eigenvalue weighted by atomic mass is 15.4. The van der Waals surface area contributed by atoms with E-state index in [0.717, 1.165) is 17.9 Å². The van der Waals surface area contributed by atoms with E-state index in [-0.39, 0.29) is 6.17 Å². The van der Waals surface area contributed by atoms with Gasteiger partial charge < -0.3 is 9.80 Å². The Morgan fingerprint density at radius 2 is 2.09 bits per heavy atom. The summed E-state index contributed by atoms with van der Waals surface area (Å²) in [6.45, 7) is 6.29. The summed E-state index contributed by atoms with van der Waals surface area (Å²) >= 11 is 0. The van der Waals surface area contributed by atoms with Gasteiger partial charge in [0.1, 0.15) is 18.2 Å². The third-order valence-corrected chi connectivity index (χ3v) is 5.06. The molecule has 0 bridgehead atoms. The number of anilines is 3. The molecule has 0 amide bonds. The lowest BCUT2D eigenvalue weighted by Crippen LogP contribution is -2.48. The van der Waals surface area contributed by atoms with Crippen molar-refractivity contribution in [3.63, 3.8) is 0 Å². The monoisotopic (exact) mass is 292 g/mol. The lowest BCUT2D eigenvalue weighted by molar-refractivity contribution is 0.363. The van der Waals surface area contributed by atoms with Crippen molar-refractivity contribution in [3.05, 3.63) is 55.0 Å². The minimum atomic E-state index is 0.284. The van der Waals surface area contributed by atoms with Gasteiger partial charge in [0.05, 0.1) is 6.20 Å². The van der Waals surface area contributed by atoms with Crippen LogP contribution in [0.15, 0.2) is 49.4 Å². The molecule has 0 aliphatic carbocycles. The molecule has 1 aromatic carbocycles. The highest BCUT2D eigenvalue weighted by Crippen LogP contribution is 2.52. The van der Waals surface area contributed by atoms with Gasteiger partial charge in [-0.2, -0.15) is 0 Å². The first-order valence-corrected chi connectivity index (χ1v) is 7.76. The second-order valence-electron chi connectivity index (χ2n) is 6.17. The van der Waals surface area contributed by atoms with Crippen molar-refractivity contribution in [2.75, 3.05) is 16.8 Å². The summed E-state index contributed by atoms with van der Waals surface area (Å²) in [6.07, 6.45) is 6.87. The molecule has 2 aromatic rings. The zero-order valence-corrected chi connectivity index (χ0v) is 13.0. The average molecular weight is 292 g/mol. The van der Waals surface area contributed by atoms with E-state index in [9.17, 15) is 0 Å². The number of para-hydroxylation sites is 1. The Balaban J connectivity index is 1.94. The Hall–Kier alpha value is -2.36. The molecule has 3 heterocycles. The van der Waals surface area contributed by atoms with Crippen molar-refractivity contribution >= 4 is 17.2 Å². The second kappa shape index (κ2) is 4.83. The number of hydrogen-bond acceptors (Lipinski definition) is 4. The fourth-order valence-electron chi connectivity index (χ4n) is 4.07. The predicted molar refractivity (Wildman–Crippen MR) is 89.5 cm³/mol. The molecule has 1 aromatic heterocycles. The van der Waals surface area contributed by atoms with Gasteiger partial charge in [-0.15, -0.1) is 6.58 Å². The molecule has 0 N–H and O–H groups in total. The summed E-state index contributed by atoms with van der Waals surface area (Å²) < 4.78 is 0. The first-order valence-electron chi connectivity index (χ1n) is 7.76. The Morgan fingerprint density at radius 1 is 1.27 bits per heavy atom. The van der Waals surface area contributed by atoms with Crippen molar-refractivity contribution in [2.24, 2.45) is 5.92 Å². The van der Waals surface area contributed by atoms with E-state index in [1.165, 1.54) is 11.3 Å². The van der Waals surface area contributed by atoms with Crippen molar-refractivity contribution in [3.8, 4) is 0 Å². The number of hydrogen-bond donors (Lipinski definition) is 0. The molecule has 0 saturated carbocycles. The molecule has 3 unspecified atom stereocenters. The van der Waals surface area contributed by atoms with Crippen LogP contribution in [0.5, 0.6) is 0 Å². The van der Waals surface area contributed by atoms with E-state index in [1.807, 2.05) is 12.3 Å². The molecule has 0 saturated heterocycles. The van der Waals surface area contributed by atoms with Crippen molar-refractivity contribution in [1.29, 1.82) is 0 Å². The maximum absolute atomic E-state index is 4.55. The quantitative estimate of drug-likeness (QED) is 0.790. The average Bonchev–Trinajstić information content (AvgIpc) is 2.85. The second-order valence-corrected chi connectivity index (χ2v) is 6.17. The first-order chi connectivity index (χ1) is 10.7. The molecule has 2 aliphatic rings. The lowest BCUT2D eigenvalue weighted by atomic mass is 9.78. The SMILES string of the molecule is C=CCC1c2ccccc2N2c3ncncc3N(C)C2C1C. The number of fused-ring (bicyclic) bond motifs is 5. The van der Waals surface area contributed by atoms with Gasteiger partial charge in [-0.05, 0) is 24.0 Å². The Morgan fingerprint density at radius 3 is 2.91 bits per heavy atom. The number of allylic oxidation sites excluding steroid dienone is 1. The zero-order chi connectivity index (χ0) is 15.3. The largest absolute Gasteiger partial charge is 0.349 e. The van der Waals surface area contributed by atoms with E-state index in [1.54, 1.807) is 6.33 Å². The van der Waals surface area contributed by atoms with Crippen LogP contribution in [0.1, 0.15) is 24.8 Å². The third-order valence-electron chi connectivity index (χ3n) is 5.06. The van der Waals surface area contributed by atoms with Gasteiger partial charge in [0, 0.05) is 18.7 Å². The van der Waals surface area contributed by atoms with Gasteiger partial charge in [0.25, 0.3) is 0 Å². The smallest absolute Gasteiger partial charge is 0.161 e. The molecule has 0 radical (unpaired) electrons. The summed E-state index contributed by atoms with van der Waals surface area (Å²) in [5.74, 6) is 1.98. The number of benzene rings is 1. The fourth-order valence-corrected chi connectivity index (χ4v) is 4.07. The van der Waals surface area contributed by atoms with Crippen LogP contribution in [0, 0.1) is 5.92 Å². The summed E-state index contributed by atoms with van der Waals surface area (Å²) in [5, 5.41) is 0. The van der Waals surface area contributed by atoms with Crippen LogP contribution in [-0.2, 0) is 0 Å². The Kier molecular flexibility index (Phi) is 2.93. The Labute approximate surface area is 131 Å². The summed E-state index contributed by atoms with van der Waals surface area (Å²) in [4.78, 5) is 13.4. The summed E-state index contributed by atoms with van der Waals surface area (Å²) in [6, 6.07) is 8.68. The van der Waals surface area contributed by atoms with E-state index in [0.29, 0.717) is 11.8 Å². The fraction of sp³-hybridized carbons (Fsp3) is 0.333. The molecule has 4 nitrogen and oxygen atoms in total. The van der Waals surface area contributed by atoms with Crippen LogP contribution in [0.4, 0.5) is 17.2 Å². The van der Waals surface area contributed by atoms with Gasteiger partial charge in [-0.1, -0.05) is 31.2 Å². The maximum Gasteiger partial charge on any atom is 0.161 e. The standard InChI is InChI=1S/C18H20N4/c1-4-7-13-12(2)18-21(3)16-10-19-11-20-17(16)22(18)15-9-6-5-8-14(13)15/h4-6,8-13,18H,1,7H2,2-3H3. The highest BCUT2D eigenvalue weighted by molar-refractivity contribution is 5.82. The molecule has 0 fully saturated rings. The van der Waals surface area contributed by atoms with Crippen molar-refractivity contribution in [2.45, 2.75) is 25.4 Å². The molecular formula is C18H20N4. The first kappa shape index (κ1) is 13.3. The molecule has 22 heavy (non-hydrogen) atoms. The van der Waals surface area contributed by atoms with E-state index in [4.69, 9.17) is 0 Å². The minimum Gasteiger partial charge on any atom is -0.349 e. The van der Waals surface area contributed by atoms with Crippen LogP contribution in [0.2, 0.25) is 0 Å². The summed E-state index contributed by atoms with van der Waals surface area (Å²) in [7, 11) is 2.14. The lowest BCUT2D eigenvalue weighted by Gasteiger charge is -2.44. The van der Waals surface area contributed by atoms with Crippen LogP contribution < -0.4 is 9.80 Å². The van der Waals surface area contributed by atoms with Gasteiger partial charge >= 0.3 is 0 Å². The number of aromatic nitrogens is 2. The zero-order valence-electron chi connectivity index (χ0n) is 13.0. The van der Waals surface area contributed by atoms with E-state index < -0.39 is 0 Å². The Bertz CT molecular complexity index is 727. The predicted octanol–water partition coefficient (Wildman–Crippen LogP) is 3.70. The molecule has 2 aliphatic heterocycles. The molecule has 3 atom stereocenters. The highest BCUT2D eigenvalue weighted by Gasteiger charge is 2.46. The van der Waals surface area contributed by atoms with Crippen LogP contribution in [0.3, 0.4) is 0 Å². The van der Waals surface area contributed by atoms with Crippen LogP contribution in [-0.4, -0.2) is 23.2 Å². The van der Waals surface area contributed by atoms with Gasteiger partial charge in [-0.3, -0.25) is 0 Å². The number of rotatable bonds is 2. The van der Waals surface area contributed by atoms with Crippen molar-refractivity contribution in [1.82, 2.24) is 9.97 Å². The minimum absolute atomic E-state index is 0.284. The third kappa shape index (κ3) is 1.64. The van der Waals surface area contributed by atoms with Crippen LogP contribution in [0.25, 0.3) is 0 Å². The normalized spacial score (nSPS) is 25.5. The van der Waals surface area contributed by atoms with Crippen LogP contribution >= 0.6 is 0 Å². The molecule has 4 rings (SSSR count). The van der Waals surface area contributed by atoms with Gasteiger partial charge in [0.2, 0.25) is 0 Å². The van der Waals surface area contributed by atoms with Gasteiger partial charge in [-0.25, -0.2) is 9.97 Å². The van der Waals surface area contributed by atoms with Gasteiger partial charge in [0.15, 0.2) is 5.82 Å². The van der Waals surface area contributed by atoms with E-state index >= 15 is 0 Å². The molecule has 0 spiro atoms. The van der Waals surface area contributed by atoms with E-state index in [2.05, 4.69) is 64.6 Å². The maximum atomic E-state index is 4.55. The summed E-state index contributed by atoms with van der Waals surface area (Å²) in [5.41, 5.74) is 3.76. The molecule has 112 valence electrons.